The number of esters is 1. The Kier molecular flexibility index (Phi) is 5.42. The second kappa shape index (κ2) is 7.56. The Bertz CT molecular complexity index is 818. The van der Waals surface area contributed by atoms with Gasteiger partial charge in [-0.2, -0.15) is 0 Å². The van der Waals surface area contributed by atoms with Gasteiger partial charge < -0.3 is 9.84 Å². The minimum absolute atomic E-state index is 0.00682. The average molecular weight is 381 g/mol. The lowest BCUT2D eigenvalue weighted by molar-refractivity contribution is -0.156. The Hall–Kier alpha value is -1.88. The molecule has 1 aliphatic heterocycles. The van der Waals surface area contributed by atoms with Gasteiger partial charge in [0.2, 0.25) is 0 Å². The number of aliphatic hydroxyl groups is 1. The largest absolute Gasteiger partial charge is 0.458 e. The van der Waals surface area contributed by atoms with E-state index in [1.54, 1.807) is 36.4 Å². The molecule has 2 atom stereocenters. The SMILES string of the molecule is O=C1C[C@@H](O)C[C@@H](C=Cc2c(Cl)cc(Cl)cc2-c2ccc(F)cc2)O1. The van der Waals surface area contributed by atoms with Crippen LogP contribution in [0.4, 0.5) is 4.39 Å². The van der Waals surface area contributed by atoms with Crippen LogP contribution in [0.1, 0.15) is 18.4 Å². The van der Waals surface area contributed by atoms with Crippen molar-refractivity contribution in [2.75, 3.05) is 0 Å². The summed E-state index contributed by atoms with van der Waals surface area (Å²) in [5.74, 6) is -0.772. The first-order chi connectivity index (χ1) is 11.9. The Balaban J connectivity index is 1.96. The van der Waals surface area contributed by atoms with Crippen molar-refractivity contribution < 1.29 is 19.0 Å². The molecule has 0 saturated carbocycles. The monoisotopic (exact) mass is 380 g/mol. The van der Waals surface area contributed by atoms with Crippen molar-refractivity contribution in [1.82, 2.24) is 0 Å². The Morgan fingerprint density at radius 3 is 2.60 bits per heavy atom. The van der Waals surface area contributed by atoms with Gasteiger partial charge in [-0.25, -0.2) is 4.39 Å². The van der Waals surface area contributed by atoms with Gasteiger partial charge in [-0.15, -0.1) is 0 Å². The molecule has 1 saturated heterocycles. The first kappa shape index (κ1) is 17.9. The first-order valence-electron chi connectivity index (χ1n) is 7.73. The molecule has 3 rings (SSSR count). The van der Waals surface area contributed by atoms with E-state index in [0.717, 1.165) is 11.1 Å². The molecule has 2 aromatic carbocycles. The van der Waals surface area contributed by atoms with E-state index in [4.69, 9.17) is 27.9 Å². The number of ether oxygens (including phenoxy) is 1. The molecule has 0 spiro atoms. The maximum Gasteiger partial charge on any atom is 0.309 e. The summed E-state index contributed by atoms with van der Waals surface area (Å²) in [7, 11) is 0. The molecule has 1 N–H and O–H groups in total. The molecule has 130 valence electrons. The normalized spacial score (nSPS) is 20.7. The van der Waals surface area contributed by atoms with Crippen molar-refractivity contribution in [1.29, 1.82) is 0 Å². The highest BCUT2D eigenvalue weighted by molar-refractivity contribution is 6.36. The smallest absolute Gasteiger partial charge is 0.309 e. The minimum Gasteiger partial charge on any atom is -0.458 e. The molecule has 2 aromatic rings. The van der Waals surface area contributed by atoms with Gasteiger partial charge in [0.15, 0.2) is 0 Å². The number of halogens is 3. The first-order valence-corrected chi connectivity index (χ1v) is 8.48. The summed E-state index contributed by atoms with van der Waals surface area (Å²) in [6, 6.07) is 9.34. The summed E-state index contributed by atoms with van der Waals surface area (Å²) in [6.07, 6.45) is 2.51. The van der Waals surface area contributed by atoms with Crippen LogP contribution >= 0.6 is 23.2 Å². The number of carbonyl (C=O) groups excluding carboxylic acids is 1. The van der Waals surface area contributed by atoms with Crippen LogP contribution in [0.2, 0.25) is 10.0 Å². The van der Waals surface area contributed by atoms with Gasteiger partial charge in [-0.1, -0.05) is 41.4 Å². The van der Waals surface area contributed by atoms with Crippen LogP contribution in [0.3, 0.4) is 0 Å². The molecule has 6 heteroatoms. The molecule has 25 heavy (non-hydrogen) atoms. The highest BCUT2D eigenvalue weighted by atomic mass is 35.5. The van der Waals surface area contributed by atoms with Crippen molar-refractivity contribution in [3.63, 3.8) is 0 Å². The van der Waals surface area contributed by atoms with Crippen LogP contribution in [-0.4, -0.2) is 23.3 Å². The van der Waals surface area contributed by atoms with E-state index in [1.807, 2.05) is 0 Å². The summed E-state index contributed by atoms with van der Waals surface area (Å²) < 4.78 is 18.4. The standard InChI is InChI=1S/C19H15Cl2FO3/c20-12-7-17(11-1-3-13(22)4-2-11)16(18(21)8-12)6-5-15-9-14(23)10-19(24)25-15/h1-8,14-15,23H,9-10H2/t14-,15+/m0/s1. The second-order valence-electron chi connectivity index (χ2n) is 5.84. The van der Waals surface area contributed by atoms with E-state index in [2.05, 4.69) is 0 Å². The molecule has 1 heterocycles. The molecule has 1 fully saturated rings. The zero-order valence-corrected chi connectivity index (χ0v) is 14.6. The van der Waals surface area contributed by atoms with Gasteiger partial charge in [0.1, 0.15) is 11.9 Å². The van der Waals surface area contributed by atoms with Gasteiger partial charge in [0.25, 0.3) is 0 Å². The lowest BCUT2D eigenvalue weighted by Gasteiger charge is -2.23. The van der Waals surface area contributed by atoms with Gasteiger partial charge >= 0.3 is 5.97 Å². The third-order valence-electron chi connectivity index (χ3n) is 3.92. The van der Waals surface area contributed by atoms with E-state index < -0.39 is 18.2 Å². The molecule has 0 aromatic heterocycles. The summed E-state index contributed by atoms with van der Waals surface area (Å²) >= 11 is 12.4. The number of rotatable bonds is 3. The van der Waals surface area contributed by atoms with E-state index in [9.17, 15) is 14.3 Å². The molecule has 0 bridgehead atoms. The summed E-state index contributed by atoms with van der Waals surface area (Å²) in [6.45, 7) is 0. The van der Waals surface area contributed by atoms with Gasteiger partial charge in [0, 0.05) is 22.0 Å². The minimum atomic E-state index is -0.715. The fourth-order valence-electron chi connectivity index (χ4n) is 2.75. The zero-order chi connectivity index (χ0) is 18.0. The van der Waals surface area contributed by atoms with Gasteiger partial charge in [0.05, 0.1) is 12.5 Å². The lowest BCUT2D eigenvalue weighted by atomic mass is 9.98. The Morgan fingerprint density at radius 1 is 1.20 bits per heavy atom. The molecule has 3 nitrogen and oxygen atoms in total. The second-order valence-corrected chi connectivity index (χ2v) is 6.68. The van der Waals surface area contributed by atoms with E-state index in [0.29, 0.717) is 22.0 Å². The fourth-order valence-corrected chi connectivity index (χ4v) is 3.31. The maximum atomic E-state index is 13.2. The van der Waals surface area contributed by atoms with Crippen molar-refractivity contribution >= 4 is 35.2 Å². The maximum absolute atomic E-state index is 13.2. The number of benzene rings is 2. The number of hydrogen-bond acceptors (Lipinski definition) is 3. The number of cyclic esters (lactones) is 1. The third kappa shape index (κ3) is 4.40. The van der Waals surface area contributed by atoms with Crippen molar-refractivity contribution in [3.05, 3.63) is 63.9 Å². The highest BCUT2D eigenvalue weighted by Crippen LogP contribution is 2.34. The molecule has 0 radical (unpaired) electrons. The predicted molar refractivity (Wildman–Crippen MR) is 96.0 cm³/mol. The quantitative estimate of drug-likeness (QED) is 0.771. The van der Waals surface area contributed by atoms with Crippen LogP contribution in [-0.2, 0) is 9.53 Å². The van der Waals surface area contributed by atoms with Crippen LogP contribution in [0, 0.1) is 5.82 Å². The van der Waals surface area contributed by atoms with E-state index >= 15 is 0 Å². The number of carbonyl (C=O) groups is 1. The molecule has 0 aliphatic carbocycles. The van der Waals surface area contributed by atoms with E-state index in [-0.39, 0.29) is 12.2 Å². The highest BCUT2D eigenvalue weighted by Gasteiger charge is 2.25. The van der Waals surface area contributed by atoms with Crippen LogP contribution in [0.25, 0.3) is 17.2 Å². The van der Waals surface area contributed by atoms with Crippen LogP contribution in [0.5, 0.6) is 0 Å². The summed E-state index contributed by atoms with van der Waals surface area (Å²) in [5.41, 5.74) is 2.16. The van der Waals surface area contributed by atoms with Gasteiger partial charge in [-0.3, -0.25) is 4.79 Å². The van der Waals surface area contributed by atoms with Crippen LogP contribution < -0.4 is 0 Å². The molecule has 0 unspecified atom stereocenters. The van der Waals surface area contributed by atoms with Crippen molar-refractivity contribution in [2.24, 2.45) is 0 Å². The van der Waals surface area contributed by atoms with Crippen LogP contribution in [0.15, 0.2) is 42.5 Å². The van der Waals surface area contributed by atoms with Crippen molar-refractivity contribution in [3.8, 4) is 11.1 Å². The van der Waals surface area contributed by atoms with Crippen molar-refractivity contribution in [2.45, 2.75) is 25.0 Å². The molecule has 1 aliphatic rings. The number of hydrogen-bond donors (Lipinski definition) is 1. The Morgan fingerprint density at radius 2 is 1.92 bits per heavy atom. The topological polar surface area (TPSA) is 46.5 Å². The average Bonchev–Trinajstić information content (AvgIpc) is 2.53. The summed E-state index contributed by atoms with van der Waals surface area (Å²) in [5, 5.41) is 10.6. The molecule has 0 amide bonds. The predicted octanol–water partition coefficient (Wildman–Crippen LogP) is 4.88. The third-order valence-corrected chi connectivity index (χ3v) is 4.45. The molecular formula is C19H15Cl2FO3. The number of aliphatic hydroxyl groups excluding tert-OH is 1. The van der Waals surface area contributed by atoms with E-state index in [1.165, 1.54) is 12.1 Å². The zero-order valence-electron chi connectivity index (χ0n) is 13.1. The summed E-state index contributed by atoms with van der Waals surface area (Å²) in [4.78, 5) is 11.4. The molecular weight excluding hydrogens is 366 g/mol. The Labute approximate surface area is 154 Å². The fraction of sp³-hybridized carbons (Fsp3) is 0.211. The van der Waals surface area contributed by atoms with Gasteiger partial charge in [-0.05, 0) is 41.5 Å². The lowest BCUT2D eigenvalue weighted by Crippen LogP contribution is -2.31.